The van der Waals surface area contributed by atoms with E-state index < -0.39 is 18.0 Å². The highest BCUT2D eigenvalue weighted by molar-refractivity contribution is 5.89. The zero-order valence-electron chi connectivity index (χ0n) is 16.1. The van der Waals surface area contributed by atoms with E-state index in [9.17, 15) is 19.5 Å². The Balaban J connectivity index is 2.10. The first-order chi connectivity index (χ1) is 13.3. The van der Waals surface area contributed by atoms with Gasteiger partial charge in [0.05, 0.1) is 19.2 Å². The summed E-state index contributed by atoms with van der Waals surface area (Å²) in [6.07, 6.45) is 0. The van der Waals surface area contributed by atoms with Crippen LogP contribution in [0.4, 0.5) is 0 Å². The zero-order chi connectivity index (χ0) is 20.7. The number of hydrogen-bond acceptors (Lipinski definition) is 6. The number of carboxylic acids is 1. The molecule has 1 aromatic heterocycles. The second-order valence-corrected chi connectivity index (χ2v) is 6.30. The predicted octanol–water partition coefficient (Wildman–Crippen LogP) is 2.14. The van der Waals surface area contributed by atoms with Crippen LogP contribution >= 0.6 is 0 Å². The fourth-order valence-electron chi connectivity index (χ4n) is 2.65. The van der Waals surface area contributed by atoms with Gasteiger partial charge in [0, 0.05) is 25.6 Å². The van der Waals surface area contributed by atoms with Crippen LogP contribution in [-0.2, 0) is 20.9 Å². The van der Waals surface area contributed by atoms with Gasteiger partial charge >= 0.3 is 11.9 Å². The molecular formula is C20H24N2O6. The Kier molecular flexibility index (Phi) is 7.34. The lowest BCUT2D eigenvalue weighted by atomic mass is 10.1. The highest BCUT2D eigenvalue weighted by Gasteiger charge is 2.22. The van der Waals surface area contributed by atoms with Crippen LogP contribution in [0.1, 0.15) is 30.0 Å². The highest BCUT2D eigenvalue weighted by atomic mass is 16.5. The van der Waals surface area contributed by atoms with Crippen molar-refractivity contribution in [2.75, 3.05) is 20.2 Å². The van der Waals surface area contributed by atoms with Crippen molar-refractivity contribution in [1.29, 1.82) is 0 Å². The maximum atomic E-state index is 11.5. The van der Waals surface area contributed by atoms with Crippen molar-refractivity contribution in [2.45, 2.75) is 26.4 Å². The summed E-state index contributed by atoms with van der Waals surface area (Å²) >= 11 is 0. The third-order valence-corrected chi connectivity index (χ3v) is 4.29. The summed E-state index contributed by atoms with van der Waals surface area (Å²) in [6, 6.07) is 9.64. The number of carboxylic acid groups (broad SMARTS) is 1. The minimum Gasteiger partial charge on any atom is -0.480 e. The molecule has 0 aliphatic heterocycles. The predicted molar refractivity (Wildman–Crippen MR) is 102 cm³/mol. The van der Waals surface area contributed by atoms with Crippen LogP contribution in [-0.4, -0.2) is 54.1 Å². The molecule has 28 heavy (non-hydrogen) atoms. The van der Waals surface area contributed by atoms with Gasteiger partial charge < -0.3 is 19.6 Å². The molecular weight excluding hydrogens is 364 g/mol. The Morgan fingerprint density at radius 1 is 1.18 bits per heavy atom. The average Bonchev–Trinajstić information content (AvgIpc) is 3.14. The van der Waals surface area contributed by atoms with Crippen molar-refractivity contribution in [3.63, 3.8) is 0 Å². The third-order valence-electron chi connectivity index (χ3n) is 4.29. The van der Waals surface area contributed by atoms with E-state index in [1.165, 1.54) is 14.0 Å². The number of hydrogen-bond donors (Lipinski definition) is 2. The van der Waals surface area contributed by atoms with E-state index in [0.717, 1.165) is 5.56 Å². The van der Waals surface area contributed by atoms with Crippen LogP contribution in [0.3, 0.4) is 0 Å². The number of carbonyl (C=O) groups excluding carboxylic acids is 2. The van der Waals surface area contributed by atoms with Gasteiger partial charge in [-0.2, -0.15) is 0 Å². The SMILES string of the molecule is COC(=O)c1ccc(-c2ccc(CN(CCNC(C)=O)C(C)C(=O)O)o2)cc1. The molecule has 2 rings (SSSR count). The van der Waals surface area contributed by atoms with Crippen LogP contribution in [0, 0.1) is 0 Å². The van der Waals surface area contributed by atoms with E-state index in [0.29, 0.717) is 30.2 Å². The molecule has 2 aromatic rings. The topological polar surface area (TPSA) is 109 Å². The molecule has 0 aliphatic carbocycles. The molecule has 0 radical (unpaired) electrons. The van der Waals surface area contributed by atoms with Crippen molar-refractivity contribution in [3.8, 4) is 11.3 Å². The van der Waals surface area contributed by atoms with Gasteiger partial charge in [0.2, 0.25) is 5.91 Å². The van der Waals surface area contributed by atoms with Gasteiger partial charge in [-0.3, -0.25) is 14.5 Å². The summed E-state index contributed by atoms with van der Waals surface area (Å²) in [5, 5.41) is 12.0. The molecule has 8 nitrogen and oxygen atoms in total. The molecule has 150 valence electrons. The summed E-state index contributed by atoms with van der Waals surface area (Å²) in [5.74, 6) is -0.324. The van der Waals surface area contributed by atoms with Gasteiger partial charge in [0.1, 0.15) is 17.6 Å². The van der Waals surface area contributed by atoms with Crippen LogP contribution in [0.15, 0.2) is 40.8 Å². The Bertz CT molecular complexity index is 827. The standard InChI is InChI=1S/C20H24N2O6/c1-13(19(24)25)22(11-10-21-14(2)23)12-17-8-9-18(28-17)15-4-6-16(7-5-15)20(26)27-3/h4-9,13H,10-12H2,1-3H3,(H,21,23)(H,24,25). The number of benzene rings is 1. The number of esters is 1. The van der Waals surface area contributed by atoms with Gasteiger partial charge in [-0.25, -0.2) is 4.79 Å². The molecule has 0 bridgehead atoms. The van der Waals surface area contributed by atoms with Crippen LogP contribution in [0.5, 0.6) is 0 Å². The highest BCUT2D eigenvalue weighted by Crippen LogP contribution is 2.24. The minimum atomic E-state index is -0.951. The zero-order valence-corrected chi connectivity index (χ0v) is 16.1. The molecule has 0 saturated heterocycles. The normalized spacial score (nSPS) is 11.9. The van der Waals surface area contributed by atoms with Gasteiger partial charge in [0.15, 0.2) is 0 Å². The van der Waals surface area contributed by atoms with Crippen molar-refractivity contribution in [1.82, 2.24) is 10.2 Å². The third kappa shape index (κ3) is 5.68. The monoisotopic (exact) mass is 388 g/mol. The Morgan fingerprint density at radius 2 is 1.86 bits per heavy atom. The second-order valence-electron chi connectivity index (χ2n) is 6.30. The molecule has 0 saturated carbocycles. The summed E-state index contributed by atoms with van der Waals surface area (Å²) < 4.78 is 10.5. The van der Waals surface area contributed by atoms with E-state index in [1.54, 1.807) is 48.2 Å². The van der Waals surface area contributed by atoms with Crippen LogP contribution in [0.25, 0.3) is 11.3 Å². The van der Waals surface area contributed by atoms with Crippen molar-refractivity contribution in [2.24, 2.45) is 0 Å². The fraction of sp³-hybridized carbons (Fsp3) is 0.350. The van der Waals surface area contributed by atoms with Crippen LogP contribution in [0.2, 0.25) is 0 Å². The molecule has 1 amide bonds. The average molecular weight is 388 g/mol. The number of carbonyl (C=O) groups is 3. The lowest BCUT2D eigenvalue weighted by molar-refractivity contribution is -0.142. The molecule has 1 aromatic carbocycles. The lowest BCUT2D eigenvalue weighted by Gasteiger charge is -2.25. The Hall–Kier alpha value is -3.13. The summed E-state index contributed by atoms with van der Waals surface area (Å²) in [6.45, 7) is 4.00. The minimum absolute atomic E-state index is 0.168. The molecule has 0 fully saturated rings. The quantitative estimate of drug-likeness (QED) is 0.634. The number of ether oxygens (including phenoxy) is 1. The lowest BCUT2D eigenvalue weighted by Crippen LogP contribution is -2.42. The number of aliphatic carboxylic acids is 1. The molecule has 1 unspecified atom stereocenters. The molecule has 1 atom stereocenters. The second kappa shape index (κ2) is 9.70. The van der Waals surface area contributed by atoms with Crippen molar-refractivity contribution >= 4 is 17.8 Å². The van der Waals surface area contributed by atoms with E-state index in [2.05, 4.69) is 10.1 Å². The largest absolute Gasteiger partial charge is 0.480 e. The van der Waals surface area contributed by atoms with Crippen molar-refractivity contribution < 1.29 is 28.6 Å². The first kappa shape index (κ1) is 21.2. The Morgan fingerprint density at radius 3 is 2.43 bits per heavy atom. The first-order valence-electron chi connectivity index (χ1n) is 8.80. The molecule has 1 heterocycles. The number of nitrogens with one attached hydrogen (secondary N) is 1. The maximum Gasteiger partial charge on any atom is 0.337 e. The number of methoxy groups -OCH3 is 1. The van der Waals surface area contributed by atoms with E-state index >= 15 is 0 Å². The summed E-state index contributed by atoms with van der Waals surface area (Å²) in [4.78, 5) is 35.6. The number of nitrogens with zero attached hydrogens (tertiary/aromatic N) is 1. The van der Waals surface area contributed by atoms with Crippen LogP contribution < -0.4 is 5.32 Å². The Labute approximate surface area is 163 Å². The fourth-order valence-corrected chi connectivity index (χ4v) is 2.65. The molecule has 2 N–H and O–H groups in total. The number of furan rings is 1. The molecule has 0 aliphatic rings. The van der Waals surface area contributed by atoms with Gasteiger partial charge in [-0.1, -0.05) is 12.1 Å². The van der Waals surface area contributed by atoms with E-state index in [1.807, 2.05) is 0 Å². The number of rotatable bonds is 9. The van der Waals surface area contributed by atoms with Crippen molar-refractivity contribution in [3.05, 3.63) is 47.7 Å². The summed E-state index contributed by atoms with van der Waals surface area (Å²) in [7, 11) is 1.32. The van der Waals surface area contributed by atoms with E-state index in [4.69, 9.17) is 4.42 Å². The van der Waals surface area contributed by atoms with Gasteiger partial charge in [0.25, 0.3) is 0 Å². The maximum absolute atomic E-state index is 11.5. The summed E-state index contributed by atoms with van der Waals surface area (Å²) in [5.41, 5.74) is 1.23. The smallest absolute Gasteiger partial charge is 0.337 e. The molecule has 0 spiro atoms. The van der Waals surface area contributed by atoms with Gasteiger partial charge in [-0.05, 0) is 31.2 Å². The molecule has 8 heteroatoms. The van der Waals surface area contributed by atoms with Gasteiger partial charge in [-0.15, -0.1) is 0 Å². The number of amides is 1. The van der Waals surface area contributed by atoms with E-state index in [-0.39, 0.29) is 12.5 Å². The first-order valence-corrected chi connectivity index (χ1v) is 8.80.